The Morgan fingerprint density at radius 1 is 1.18 bits per heavy atom. The maximum absolute atomic E-state index is 10.8. The normalized spacial score (nSPS) is 11.1. The molecule has 0 amide bonds. The summed E-state index contributed by atoms with van der Waals surface area (Å²) in [5, 5.41) is 8.90. The molecule has 94 valence electrons. The van der Waals surface area contributed by atoms with E-state index in [-0.39, 0.29) is 11.7 Å². The van der Waals surface area contributed by atoms with Crippen LogP contribution in [0.25, 0.3) is 0 Å². The monoisotopic (exact) mass is 236 g/mol. The van der Waals surface area contributed by atoms with Gasteiger partial charge in [-0.05, 0) is 32.8 Å². The summed E-state index contributed by atoms with van der Waals surface area (Å²) in [6.45, 7) is 6.93. The smallest absolute Gasteiger partial charge is 0.310 e. The van der Waals surface area contributed by atoms with Crippen molar-refractivity contribution in [1.82, 2.24) is 0 Å². The van der Waals surface area contributed by atoms with E-state index in [1.807, 2.05) is 38.1 Å². The third-order valence-corrected chi connectivity index (χ3v) is 2.19. The Bertz CT molecular complexity index is 362. The molecule has 0 aromatic heterocycles. The number of rotatable bonds is 3. The van der Waals surface area contributed by atoms with E-state index in [1.54, 1.807) is 0 Å². The number of carboxylic acid groups (broad SMARTS) is 1. The molecule has 0 saturated heterocycles. The van der Waals surface area contributed by atoms with Crippen LogP contribution in [0.3, 0.4) is 0 Å². The van der Waals surface area contributed by atoms with Crippen molar-refractivity contribution in [1.29, 1.82) is 0 Å². The Kier molecular flexibility index (Phi) is 6.87. The molecule has 17 heavy (non-hydrogen) atoms. The molecule has 3 heteroatoms. The van der Waals surface area contributed by atoms with E-state index in [0.717, 1.165) is 11.1 Å². The number of carboxylic acids is 1. The second-order valence-electron chi connectivity index (χ2n) is 4.12. The first kappa shape index (κ1) is 15.4. The second kappa shape index (κ2) is 7.60. The second-order valence-corrected chi connectivity index (χ2v) is 4.12. The molecule has 3 nitrogen and oxygen atoms in total. The summed E-state index contributed by atoms with van der Waals surface area (Å²) >= 11 is 0. The molecule has 0 bridgehead atoms. The lowest BCUT2D eigenvalue weighted by Gasteiger charge is -2.09. The van der Waals surface area contributed by atoms with Gasteiger partial charge in [-0.1, -0.05) is 36.8 Å². The van der Waals surface area contributed by atoms with Crippen LogP contribution in [0.1, 0.15) is 44.2 Å². The highest BCUT2D eigenvalue weighted by atomic mass is 16.4. The van der Waals surface area contributed by atoms with Gasteiger partial charge in [-0.15, -0.1) is 0 Å². The standard InChI is InChI=1S/C11H14O2.C3H6O/c1-3-10(11(12)13)9-6-4-8(2)5-7-9;1-3(2)4/h4-7,10H,3H2,1-2H3,(H,12,13);1-2H3. The van der Waals surface area contributed by atoms with Crippen LogP contribution in [-0.4, -0.2) is 16.9 Å². The quantitative estimate of drug-likeness (QED) is 0.877. The van der Waals surface area contributed by atoms with Crippen molar-refractivity contribution in [3.05, 3.63) is 35.4 Å². The number of hydrogen-bond acceptors (Lipinski definition) is 2. The number of hydrogen-bond donors (Lipinski definition) is 1. The van der Waals surface area contributed by atoms with Crippen molar-refractivity contribution in [2.24, 2.45) is 0 Å². The van der Waals surface area contributed by atoms with E-state index >= 15 is 0 Å². The molecule has 1 unspecified atom stereocenters. The number of aryl methyl sites for hydroxylation is 1. The van der Waals surface area contributed by atoms with Gasteiger partial charge < -0.3 is 9.90 Å². The fraction of sp³-hybridized carbons (Fsp3) is 0.429. The van der Waals surface area contributed by atoms with E-state index in [2.05, 4.69) is 0 Å². The third-order valence-electron chi connectivity index (χ3n) is 2.19. The minimum atomic E-state index is -0.744. The number of benzene rings is 1. The fourth-order valence-corrected chi connectivity index (χ4v) is 1.35. The molecule has 0 heterocycles. The highest BCUT2D eigenvalue weighted by Crippen LogP contribution is 2.19. The van der Waals surface area contributed by atoms with Crippen LogP contribution in [0, 0.1) is 6.92 Å². The zero-order valence-electron chi connectivity index (χ0n) is 10.9. The molecule has 0 aliphatic carbocycles. The van der Waals surface area contributed by atoms with Crippen LogP contribution >= 0.6 is 0 Å². The Morgan fingerprint density at radius 2 is 1.59 bits per heavy atom. The molecule has 0 fully saturated rings. The van der Waals surface area contributed by atoms with Gasteiger partial charge in [0, 0.05) is 0 Å². The van der Waals surface area contributed by atoms with E-state index in [9.17, 15) is 9.59 Å². The van der Waals surface area contributed by atoms with Gasteiger partial charge in [0.2, 0.25) is 0 Å². The van der Waals surface area contributed by atoms with Gasteiger partial charge in [0.05, 0.1) is 5.92 Å². The van der Waals surface area contributed by atoms with Crippen molar-refractivity contribution in [2.45, 2.75) is 40.0 Å². The van der Waals surface area contributed by atoms with Crippen molar-refractivity contribution < 1.29 is 14.7 Å². The van der Waals surface area contributed by atoms with Gasteiger partial charge in [-0.3, -0.25) is 4.79 Å². The summed E-state index contributed by atoms with van der Waals surface area (Å²) in [6, 6.07) is 7.66. The lowest BCUT2D eigenvalue weighted by atomic mass is 9.96. The Balaban J connectivity index is 0.000000557. The van der Waals surface area contributed by atoms with Crippen molar-refractivity contribution in [3.63, 3.8) is 0 Å². The molecular weight excluding hydrogens is 216 g/mol. The van der Waals surface area contributed by atoms with Gasteiger partial charge in [0.15, 0.2) is 0 Å². The largest absolute Gasteiger partial charge is 0.481 e. The Hall–Kier alpha value is -1.64. The van der Waals surface area contributed by atoms with E-state index in [0.29, 0.717) is 6.42 Å². The molecule has 0 saturated carbocycles. The molecule has 0 spiro atoms. The van der Waals surface area contributed by atoms with Gasteiger partial charge in [0.1, 0.15) is 5.78 Å². The fourth-order valence-electron chi connectivity index (χ4n) is 1.35. The maximum atomic E-state index is 10.8. The first-order valence-corrected chi connectivity index (χ1v) is 5.65. The summed E-state index contributed by atoms with van der Waals surface area (Å²) in [5.41, 5.74) is 2.05. The van der Waals surface area contributed by atoms with Crippen molar-refractivity contribution in [3.8, 4) is 0 Å². The number of ketones is 1. The average molecular weight is 236 g/mol. The predicted molar refractivity (Wildman–Crippen MR) is 68.2 cm³/mol. The Morgan fingerprint density at radius 3 is 1.88 bits per heavy atom. The zero-order chi connectivity index (χ0) is 13.4. The van der Waals surface area contributed by atoms with Crippen LogP contribution in [0.2, 0.25) is 0 Å². The lowest BCUT2D eigenvalue weighted by Crippen LogP contribution is -2.10. The van der Waals surface area contributed by atoms with Gasteiger partial charge in [-0.25, -0.2) is 0 Å². The molecule has 1 atom stereocenters. The Labute approximate surface area is 102 Å². The summed E-state index contributed by atoms with van der Waals surface area (Å²) in [6.07, 6.45) is 0.637. The van der Waals surface area contributed by atoms with Crippen LogP contribution in [0.5, 0.6) is 0 Å². The molecule has 0 aliphatic rings. The molecular formula is C14H20O3. The summed E-state index contributed by atoms with van der Waals surface area (Å²) in [4.78, 5) is 20.3. The van der Waals surface area contributed by atoms with Gasteiger partial charge >= 0.3 is 5.97 Å². The molecule has 1 N–H and O–H groups in total. The van der Waals surface area contributed by atoms with Gasteiger partial charge in [0.25, 0.3) is 0 Å². The number of carbonyl (C=O) groups is 2. The highest BCUT2D eigenvalue weighted by Gasteiger charge is 2.16. The molecule has 1 aromatic rings. The van der Waals surface area contributed by atoms with Crippen LogP contribution in [0.4, 0.5) is 0 Å². The molecule has 1 aromatic carbocycles. The van der Waals surface area contributed by atoms with Crippen LogP contribution < -0.4 is 0 Å². The van der Waals surface area contributed by atoms with E-state index < -0.39 is 5.97 Å². The first-order chi connectivity index (χ1) is 7.88. The average Bonchev–Trinajstić information content (AvgIpc) is 2.20. The van der Waals surface area contributed by atoms with E-state index in [1.165, 1.54) is 13.8 Å². The van der Waals surface area contributed by atoms with Crippen LogP contribution in [-0.2, 0) is 9.59 Å². The number of Topliss-reactive ketones (excluding diaryl/α,β-unsaturated/α-hetero) is 1. The summed E-state index contributed by atoms with van der Waals surface area (Å²) in [5.74, 6) is -0.938. The zero-order valence-corrected chi connectivity index (χ0v) is 10.9. The minimum absolute atomic E-state index is 0.167. The first-order valence-electron chi connectivity index (χ1n) is 5.65. The van der Waals surface area contributed by atoms with Crippen molar-refractivity contribution >= 4 is 11.8 Å². The molecule has 1 rings (SSSR count). The number of aliphatic carboxylic acids is 1. The number of carbonyl (C=O) groups excluding carboxylic acids is 1. The van der Waals surface area contributed by atoms with E-state index in [4.69, 9.17) is 5.11 Å². The lowest BCUT2D eigenvalue weighted by molar-refractivity contribution is -0.138. The predicted octanol–water partition coefficient (Wildman–Crippen LogP) is 3.17. The topological polar surface area (TPSA) is 54.4 Å². The van der Waals surface area contributed by atoms with Crippen LogP contribution in [0.15, 0.2) is 24.3 Å². The van der Waals surface area contributed by atoms with Crippen molar-refractivity contribution in [2.75, 3.05) is 0 Å². The highest BCUT2D eigenvalue weighted by molar-refractivity contribution is 5.75. The molecule has 0 aliphatic heterocycles. The minimum Gasteiger partial charge on any atom is -0.481 e. The third kappa shape index (κ3) is 6.51. The van der Waals surface area contributed by atoms with Gasteiger partial charge in [-0.2, -0.15) is 0 Å². The SMILES string of the molecule is CC(C)=O.CCC(C(=O)O)c1ccc(C)cc1. The molecule has 0 radical (unpaired) electrons. The summed E-state index contributed by atoms with van der Waals surface area (Å²) < 4.78 is 0. The summed E-state index contributed by atoms with van der Waals surface area (Å²) in [7, 11) is 0. The maximum Gasteiger partial charge on any atom is 0.310 e.